The van der Waals surface area contributed by atoms with E-state index >= 15 is 0 Å². The monoisotopic (exact) mass is 480 g/mol. The number of benzene rings is 4. The van der Waals surface area contributed by atoms with Crippen LogP contribution in [0.4, 0.5) is 11.4 Å². The van der Waals surface area contributed by atoms with Gasteiger partial charge in [0.25, 0.3) is 11.8 Å². The molecule has 7 heteroatoms. The largest absolute Gasteiger partial charge is 0.338 e. The van der Waals surface area contributed by atoms with Crippen LogP contribution in [0.2, 0.25) is 5.02 Å². The molecule has 0 aliphatic carbocycles. The molecule has 1 aromatic heterocycles. The lowest BCUT2D eigenvalue weighted by molar-refractivity contribution is 0.101. The Balaban J connectivity index is 1.31. The summed E-state index contributed by atoms with van der Waals surface area (Å²) >= 11 is 5.99. The summed E-state index contributed by atoms with van der Waals surface area (Å²) in [5.41, 5.74) is 5.92. The van der Waals surface area contributed by atoms with Crippen molar-refractivity contribution in [3.8, 4) is 11.4 Å². The number of rotatable bonds is 5. The van der Waals surface area contributed by atoms with Crippen LogP contribution in [0.3, 0.4) is 0 Å². The molecular weight excluding hydrogens is 460 g/mol. The molecule has 0 atom stereocenters. The van der Waals surface area contributed by atoms with E-state index in [9.17, 15) is 9.59 Å². The lowest BCUT2D eigenvalue weighted by Crippen LogP contribution is -2.11. The number of anilines is 2. The molecule has 0 saturated carbocycles. The molecule has 0 radical (unpaired) electrons. The molecule has 0 bridgehead atoms. The average molecular weight is 481 g/mol. The molecule has 0 fully saturated rings. The Kier molecular flexibility index (Phi) is 6.04. The first-order valence-corrected chi connectivity index (χ1v) is 11.4. The number of carbonyl (C=O) groups is 2. The average Bonchev–Trinajstić information content (AvgIpc) is 3.28. The van der Waals surface area contributed by atoms with E-state index in [1.165, 1.54) is 0 Å². The number of H-pyrrole nitrogens is 1. The molecule has 35 heavy (non-hydrogen) atoms. The zero-order valence-corrected chi connectivity index (χ0v) is 19.6. The van der Waals surface area contributed by atoms with Crippen LogP contribution in [0.15, 0.2) is 91.0 Å². The Morgan fingerprint density at radius 1 is 0.771 bits per heavy atom. The molecule has 5 rings (SSSR count). The highest BCUT2D eigenvalue weighted by atomic mass is 35.5. The first kappa shape index (κ1) is 22.4. The minimum Gasteiger partial charge on any atom is -0.338 e. The molecule has 5 aromatic rings. The summed E-state index contributed by atoms with van der Waals surface area (Å²) in [6, 6.07) is 27.2. The Morgan fingerprint density at radius 3 is 2.14 bits per heavy atom. The van der Waals surface area contributed by atoms with Gasteiger partial charge in [-0.15, -0.1) is 0 Å². The van der Waals surface area contributed by atoms with E-state index in [1.54, 1.807) is 36.4 Å². The fourth-order valence-electron chi connectivity index (χ4n) is 3.76. The smallest absolute Gasteiger partial charge is 0.255 e. The predicted octanol–water partition coefficient (Wildman–Crippen LogP) is 6.70. The molecule has 0 unspecified atom stereocenters. The second-order valence-electron chi connectivity index (χ2n) is 8.18. The summed E-state index contributed by atoms with van der Waals surface area (Å²) in [4.78, 5) is 33.0. The summed E-state index contributed by atoms with van der Waals surface area (Å²) < 4.78 is 0. The van der Waals surface area contributed by atoms with Gasteiger partial charge in [0.05, 0.1) is 11.0 Å². The van der Waals surface area contributed by atoms with Gasteiger partial charge < -0.3 is 15.6 Å². The van der Waals surface area contributed by atoms with Crippen LogP contribution >= 0.6 is 11.6 Å². The van der Waals surface area contributed by atoms with Gasteiger partial charge in [-0.2, -0.15) is 0 Å². The first-order chi connectivity index (χ1) is 16.9. The lowest BCUT2D eigenvalue weighted by Gasteiger charge is -2.06. The van der Waals surface area contributed by atoms with Crippen molar-refractivity contribution < 1.29 is 9.59 Å². The first-order valence-electron chi connectivity index (χ1n) is 11.0. The summed E-state index contributed by atoms with van der Waals surface area (Å²) in [5, 5.41) is 6.31. The number of aromatic amines is 1. The molecule has 3 N–H and O–H groups in total. The number of nitrogens with zero attached hydrogens (tertiary/aromatic N) is 1. The maximum absolute atomic E-state index is 12.5. The minimum absolute atomic E-state index is 0.155. The van der Waals surface area contributed by atoms with Crippen molar-refractivity contribution in [2.24, 2.45) is 0 Å². The van der Waals surface area contributed by atoms with Crippen molar-refractivity contribution in [1.82, 2.24) is 9.97 Å². The van der Waals surface area contributed by atoms with Crippen LogP contribution in [-0.2, 0) is 0 Å². The quantitative estimate of drug-likeness (QED) is 0.261. The second kappa shape index (κ2) is 9.44. The molecule has 1 heterocycles. The van der Waals surface area contributed by atoms with Crippen molar-refractivity contribution in [2.75, 3.05) is 10.6 Å². The van der Waals surface area contributed by atoms with Gasteiger partial charge in [0.15, 0.2) is 0 Å². The zero-order chi connectivity index (χ0) is 24.4. The molecule has 4 aromatic carbocycles. The number of fused-ring (bicyclic) bond motifs is 1. The molecule has 172 valence electrons. The topological polar surface area (TPSA) is 86.9 Å². The number of carbonyl (C=O) groups excluding carboxylic acids is 2. The number of imidazole rings is 1. The summed E-state index contributed by atoms with van der Waals surface area (Å²) in [7, 11) is 0. The van der Waals surface area contributed by atoms with E-state index in [0.29, 0.717) is 33.3 Å². The Labute approximate surface area is 207 Å². The number of nitrogens with one attached hydrogen (secondary N) is 3. The van der Waals surface area contributed by atoms with Crippen molar-refractivity contribution in [3.63, 3.8) is 0 Å². The summed E-state index contributed by atoms with van der Waals surface area (Å²) in [5.74, 6) is 0.294. The van der Waals surface area contributed by atoms with Gasteiger partial charge in [-0.1, -0.05) is 35.4 Å². The molecule has 0 spiro atoms. The van der Waals surface area contributed by atoms with Crippen molar-refractivity contribution >= 4 is 45.8 Å². The highest BCUT2D eigenvalue weighted by Gasteiger charge is 2.11. The normalized spacial score (nSPS) is 10.8. The van der Waals surface area contributed by atoms with E-state index in [-0.39, 0.29) is 11.8 Å². The highest BCUT2D eigenvalue weighted by molar-refractivity contribution is 6.31. The van der Waals surface area contributed by atoms with E-state index in [1.807, 2.05) is 61.5 Å². The third kappa shape index (κ3) is 5.08. The number of halogens is 1. The summed E-state index contributed by atoms with van der Waals surface area (Å²) in [6.07, 6.45) is 0. The van der Waals surface area contributed by atoms with E-state index in [0.717, 1.165) is 22.2 Å². The maximum atomic E-state index is 12.5. The number of aromatic nitrogens is 2. The predicted molar refractivity (Wildman–Crippen MR) is 140 cm³/mol. The third-order valence-electron chi connectivity index (χ3n) is 5.52. The lowest BCUT2D eigenvalue weighted by atomic mass is 10.1. The Morgan fingerprint density at radius 2 is 1.43 bits per heavy atom. The molecule has 0 aliphatic rings. The number of hydrogen-bond donors (Lipinski definition) is 3. The molecule has 2 amide bonds. The van der Waals surface area contributed by atoms with Crippen molar-refractivity contribution in [1.29, 1.82) is 0 Å². The fraction of sp³-hybridized carbons (Fsp3) is 0.0357. The second-order valence-corrected chi connectivity index (χ2v) is 8.62. The van der Waals surface area contributed by atoms with Crippen LogP contribution in [0.25, 0.3) is 22.4 Å². The van der Waals surface area contributed by atoms with Crippen molar-refractivity contribution in [3.05, 3.63) is 113 Å². The fourth-order valence-corrected chi connectivity index (χ4v) is 3.95. The van der Waals surface area contributed by atoms with Crippen LogP contribution in [0.5, 0.6) is 0 Å². The van der Waals surface area contributed by atoms with Gasteiger partial charge in [-0.3, -0.25) is 9.59 Å². The number of hydrogen-bond acceptors (Lipinski definition) is 3. The van der Waals surface area contributed by atoms with Gasteiger partial charge in [-0.25, -0.2) is 4.98 Å². The Hall–Kier alpha value is -4.42. The zero-order valence-electron chi connectivity index (χ0n) is 18.8. The van der Waals surface area contributed by atoms with Crippen LogP contribution in [-0.4, -0.2) is 21.8 Å². The minimum atomic E-state index is -0.241. The highest BCUT2D eigenvalue weighted by Crippen LogP contribution is 2.25. The van der Waals surface area contributed by atoms with Gasteiger partial charge in [0, 0.05) is 33.1 Å². The maximum Gasteiger partial charge on any atom is 0.255 e. The van der Waals surface area contributed by atoms with Gasteiger partial charge in [0.2, 0.25) is 0 Å². The molecule has 6 nitrogen and oxygen atoms in total. The summed E-state index contributed by atoms with van der Waals surface area (Å²) in [6.45, 7) is 1.95. The molecule has 0 saturated heterocycles. The number of amides is 2. The van der Waals surface area contributed by atoms with E-state index < -0.39 is 0 Å². The van der Waals surface area contributed by atoms with Gasteiger partial charge in [-0.05, 0) is 79.7 Å². The third-order valence-corrected chi connectivity index (χ3v) is 5.76. The van der Waals surface area contributed by atoms with Crippen molar-refractivity contribution in [2.45, 2.75) is 6.92 Å². The number of aryl methyl sites for hydroxylation is 1. The molecular formula is C28H21ClN4O2. The van der Waals surface area contributed by atoms with Crippen LogP contribution in [0, 0.1) is 6.92 Å². The Bertz CT molecular complexity index is 1560. The molecule has 0 aliphatic heterocycles. The standard InChI is InChI=1S/C28H21ClN4O2/c1-17-4-2-5-19(14-17)27(34)30-22-10-8-18(9-11-22)26-32-24-13-12-23(16-25(24)33-26)31-28(35)20-6-3-7-21(29)15-20/h2-16H,1H3,(H,30,34)(H,31,35)(H,32,33). The van der Waals surface area contributed by atoms with Crippen LogP contribution in [0.1, 0.15) is 26.3 Å². The van der Waals surface area contributed by atoms with Crippen LogP contribution < -0.4 is 10.6 Å². The van der Waals surface area contributed by atoms with Gasteiger partial charge in [0.1, 0.15) is 5.82 Å². The van der Waals surface area contributed by atoms with E-state index in [2.05, 4.69) is 20.6 Å². The van der Waals surface area contributed by atoms with Gasteiger partial charge >= 0.3 is 0 Å². The SMILES string of the molecule is Cc1cccc(C(=O)Nc2ccc(-c3nc4ccc(NC(=O)c5cccc(Cl)c5)cc4[nH]3)cc2)c1. The van der Waals surface area contributed by atoms with E-state index in [4.69, 9.17) is 11.6 Å².